The van der Waals surface area contributed by atoms with E-state index in [4.69, 9.17) is 5.26 Å². The first-order valence-electron chi connectivity index (χ1n) is 4.94. The minimum atomic E-state index is 0.0435. The van der Waals surface area contributed by atoms with E-state index in [1.807, 2.05) is 6.07 Å². The predicted molar refractivity (Wildman–Crippen MR) is 60.8 cm³/mol. The molecule has 0 aliphatic rings. The molecule has 5 nitrogen and oxygen atoms in total. The first kappa shape index (κ1) is 12.0. The summed E-state index contributed by atoms with van der Waals surface area (Å²) in [5, 5.41) is 11.8. The van der Waals surface area contributed by atoms with E-state index >= 15 is 0 Å². The van der Waals surface area contributed by atoms with Crippen LogP contribution in [0.25, 0.3) is 0 Å². The van der Waals surface area contributed by atoms with Gasteiger partial charge < -0.3 is 10.2 Å². The number of amides is 1. The van der Waals surface area contributed by atoms with Crippen LogP contribution in [0, 0.1) is 11.3 Å². The van der Waals surface area contributed by atoms with E-state index in [1.165, 1.54) is 4.90 Å². The number of nitrogens with one attached hydrogen (secondary N) is 1. The third-order valence-corrected chi connectivity index (χ3v) is 2.06. The lowest BCUT2D eigenvalue weighted by molar-refractivity contribution is -0.128. The second kappa shape index (κ2) is 5.71. The number of hydrogen-bond donors (Lipinski definition) is 1. The number of nitrogens with zero attached hydrogens (tertiary/aromatic N) is 3. The van der Waals surface area contributed by atoms with Gasteiger partial charge in [0.05, 0.1) is 5.56 Å². The summed E-state index contributed by atoms with van der Waals surface area (Å²) in [6, 6.07) is 5.42. The molecule has 0 saturated carbocycles. The summed E-state index contributed by atoms with van der Waals surface area (Å²) in [7, 11) is 3.42. The highest BCUT2D eigenvalue weighted by Crippen LogP contribution is 2.09. The Morgan fingerprint density at radius 2 is 2.38 bits per heavy atom. The van der Waals surface area contributed by atoms with Crippen molar-refractivity contribution in [3.63, 3.8) is 0 Å². The molecule has 1 amide bonds. The molecular weight excluding hydrogens is 204 g/mol. The van der Waals surface area contributed by atoms with Crippen LogP contribution < -0.4 is 5.32 Å². The van der Waals surface area contributed by atoms with Crippen molar-refractivity contribution in [3.8, 4) is 6.07 Å². The topological polar surface area (TPSA) is 69.0 Å². The highest BCUT2D eigenvalue weighted by Gasteiger charge is 2.05. The van der Waals surface area contributed by atoms with Gasteiger partial charge in [-0.2, -0.15) is 5.26 Å². The van der Waals surface area contributed by atoms with Crippen LogP contribution in [-0.4, -0.2) is 36.4 Å². The lowest BCUT2D eigenvalue weighted by Crippen LogP contribution is -2.24. The lowest BCUT2D eigenvalue weighted by atomic mass is 10.3. The van der Waals surface area contributed by atoms with E-state index in [-0.39, 0.29) is 5.91 Å². The number of carbonyl (C=O) groups is 1. The average Bonchev–Trinajstić information content (AvgIpc) is 2.29. The van der Waals surface area contributed by atoms with E-state index in [0.29, 0.717) is 24.3 Å². The van der Waals surface area contributed by atoms with Crippen LogP contribution in [0.3, 0.4) is 0 Å². The van der Waals surface area contributed by atoms with Crippen LogP contribution in [0.4, 0.5) is 5.82 Å². The Balaban J connectivity index is 2.50. The SMILES string of the molecule is CN(C)C(=O)CCNc1ncccc1C#N. The molecule has 1 heterocycles. The zero-order valence-corrected chi connectivity index (χ0v) is 9.40. The molecule has 84 valence electrons. The van der Waals surface area contributed by atoms with Gasteiger partial charge in [0, 0.05) is 33.3 Å². The fraction of sp³-hybridized carbons (Fsp3) is 0.364. The maximum absolute atomic E-state index is 11.3. The van der Waals surface area contributed by atoms with E-state index in [9.17, 15) is 4.79 Å². The number of aromatic nitrogens is 1. The monoisotopic (exact) mass is 218 g/mol. The largest absolute Gasteiger partial charge is 0.368 e. The standard InChI is InChI=1S/C11H14N4O/c1-15(2)10(16)5-7-14-11-9(8-12)4-3-6-13-11/h3-4,6H,5,7H2,1-2H3,(H,13,14). The molecule has 0 aromatic carbocycles. The van der Waals surface area contributed by atoms with E-state index in [1.54, 1.807) is 32.4 Å². The molecule has 1 aromatic rings. The van der Waals surface area contributed by atoms with Crippen molar-refractivity contribution < 1.29 is 4.79 Å². The van der Waals surface area contributed by atoms with Crippen molar-refractivity contribution in [1.82, 2.24) is 9.88 Å². The molecule has 5 heteroatoms. The van der Waals surface area contributed by atoms with Crippen molar-refractivity contribution in [3.05, 3.63) is 23.9 Å². The number of carbonyl (C=O) groups excluding carboxylic acids is 1. The maximum atomic E-state index is 11.3. The Hall–Kier alpha value is -2.09. The van der Waals surface area contributed by atoms with Crippen molar-refractivity contribution in [2.24, 2.45) is 0 Å². The maximum Gasteiger partial charge on any atom is 0.223 e. The molecule has 0 spiro atoms. The van der Waals surface area contributed by atoms with Gasteiger partial charge in [-0.25, -0.2) is 4.98 Å². The van der Waals surface area contributed by atoms with Crippen LogP contribution in [-0.2, 0) is 4.79 Å². The van der Waals surface area contributed by atoms with Gasteiger partial charge in [-0.3, -0.25) is 4.79 Å². The molecule has 0 aliphatic heterocycles. The summed E-state index contributed by atoms with van der Waals surface area (Å²) >= 11 is 0. The first-order valence-corrected chi connectivity index (χ1v) is 4.94. The molecule has 16 heavy (non-hydrogen) atoms. The highest BCUT2D eigenvalue weighted by molar-refractivity contribution is 5.76. The van der Waals surface area contributed by atoms with E-state index in [2.05, 4.69) is 10.3 Å². The summed E-state index contributed by atoms with van der Waals surface area (Å²) in [4.78, 5) is 16.9. The van der Waals surface area contributed by atoms with Crippen molar-refractivity contribution in [2.75, 3.05) is 26.0 Å². The second-order valence-electron chi connectivity index (χ2n) is 3.48. The minimum absolute atomic E-state index is 0.0435. The third kappa shape index (κ3) is 3.24. The Labute approximate surface area is 94.7 Å². The first-order chi connectivity index (χ1) is 7.65. The van der Waals surface area contributed by atoms with Gasteiger partial charge in [0.15, 0.2) is 0 Å². The summed E-state index contributed by atoms with van der Waals surface area (Å²) in [6.45, 7) is 0.475. The number of pyridine rings is 1. The number of nitriles is 1. The predicted octanol–water partition coefficient (Wildman–Crippen LogP) is 0.843. The molecule has 0 saturated heterocycles. The van der Waals surface area contributed by atoms with Gasteiger partial charge in [-0.15, -0.1) is 0 Å². The van der Waals surface area contributed by atoms with Crippen LogP contribution in [0.2, 0.25) is 0 Å². The van der Waals surface area contributed by atoms with Gasteiger partial charge in [-0.05, 0) is 12.1 Å². The fourth-order valence-electron chi connectivity index (χ4n) is 1.15. The normalized spacial score (nSPS) is 9.31. The van der Waals surface area contributed by atoms with Crippen molar-refractivity contribution >= 4 is 11.7 Å². The Morgan fingerprint density at radius 1 is 1.62 bits per heavy atom. The molecule has 0 unspecified atom stereocenters. The summed E-state index contributed by atoms with van der Waals surface area (Å²) in [5.41, 5.74) is 0.486. The van der Waals surface area contributed by atoms with Gasteiger partial charge in [0.2, 0.25) is 5.91 Å². The molecule has 0 radical (unpaired) electrons. The number of hydrogen-bond acceptors (Lipinski definition) is 4. The van der Waals surface area contributed by atoms with Gasteiger partial charge in [0.1, 0.15) is 11.9 Å². The van der Waals surface area contributed by atoms with Crippen molar-refractivity contribution in [1.29, 1.82) is 5.26 Å². The van der Waals surface area contributed by atoms with E-state index < -0.39 is 0 Å². The van der Waals surface area contributed by atoms with Crippen LogP contribution in [0.1, 0.15) is 12.0 Å². The molecular formula is C11H14N4O. The number of anilines is 1. The quantitative estimate of drug-likeness (QED) is 0.813. The van der Waals surface area contributed by atoms with Gasteiger partial charge in [0.25, 0.3) is 0 Å². The van der Waals surface area contributed by atoms with Gasteiger partial charge in [-0.1, -0.05) is 0 Å². The molecule has 1 N–H and O–H groups in total. The number of rotatable bonds is 4. The molecule has 0 fully saturated rings. The zero-order chi connectivity index (χ0) is 12.0. The Kier molecular flexibility index (Phi) is 4.28. The van der Waals surface area contributed by atoms with Crippen molar-refractivity contribution in [2.45, 2.75) is 6.42 Å². The zero-order valence-electron chi connectivity index (χ0n) is 9.40. The summed E-state index contributed by atoms with van der Waals surface area (Å²) in [5.74, 6) is 0.568. The van der Waals surface area contributed by atoms with E-state index in [0.717, 1.165) is 0 Å². The Morgan fingerprint density at radius 3 is 3.00 bits per heavy atom. The molecule has 0 bridgehead atoms. The van der Waals surface area contributed by atoms with Crippen LogP contribution in [0.15, 0.2) is 18.3 Å². The molecule has 0 atom stereocenters. The fourth-order valence-corrected chi connectivity index (χ4v) is 1.15. The molecule has 1 rings (SSSR count). The smallest absolute Gasteiger partial charge is 0.223 e. The Bertz CT molecular complexity index is 409. The third-order valence-electron chi connectivity index (χ3n) is 2.06. The van der Waals surface area contributed by atoms with Gasteiger partial charge >= 0.3 is 0 Å². The summed E-state index contributed by atoms with van der Waals surface area (Å²) in [6.07, 6.45) is 1.99. The summed E-state index contributed by atoms with van der Waals surface area (Å²) < 4.78 is 0. The molecule has 0 aliphatic carbocycles. The molecule has 1 aromatic heterocycles. The highest BCUT2D eigenvalue weighted by atomic mass is 16.2. The van der Waals surface area contributed by atoms with Crippen LogP contribution in [0.5, 0.6) is 0 Å². The lowest BCUT2D eigenvalue weighted by Gasteiger charge is -2.11. The average molecular weight is 218 g/mol. The minimum Gasteiger partial charge on any atom is -0.368 e. The van der Waals surface area contributed by atoms with Crippen LogP contribution >= 0.6 is 0 Å². The second-order valence-corrected chi connectivity index (χ2v) is 3.48.